The van der Waals surface area contributed by atoms with Crippen molar-refractivity contribution < 1.29 is 14.6 Å². The SMILES string of the molecule is CCOc1cc(CN2CCC3(COCc4cncnc43)C2)ccc1O. The zero-order valence-electron chi connectivity index (χ0n) is 14.4. The van der Waals surface area contributed by atoms with Crippen LogP contribution in [0.5, 0.6) is 11.5 Å². The summed E-state index contributed by atoms with van der Waals surface area (Å²) >= 11 is 0. The maximum Gasteiger partial charge on any atom is 0.161 e. The molecule has 1 saturated heterocycles. The summed E-state index contributed by atoms with van der Waals surface area (Å²) in [5.41, 5.74) is 3.37. The summed E-state index contributed by atoms with van der Waals surface area (Å²) in [7, 11) is 0. The second-order valence-electron chi connectivity index (χ2n) is 6.87. The number of hydrogen-bond acceptors (Lipinski definition) is 6. The number of likely N-dealkylation sites (tertiary alicyclic amines) is 1. The minimum atomic E-state index is -0.0316. The number of phenols is 1. The Morgan fingerprint density at radius 3 is 3.20 bits per heavy atom. The minimum absolute atomic E-state index is 0.0316. The molecule has 1 unspecified atom stereocenters. The zero-order valence-corrected chi connectivity index (χ0v) is 14.4. The van der Waals surface area contributed by atoms with Crippen LogP contribution in [-0.2, 0) is 23.3 Å². The second kappa shape index (κ2) is 6.61. The standard InChI is InChI=1S/C19H23N3O3/c1-2-25-17-7-14(3-4-16(17)23)9-22-6-5-19(11-22)12-24-10-15-8-20-13-21-18(15)19/h3-4,7-8,13,23H,2,5-6,9-12H2,1H3. The lowest BCUT2D eigenvalue weighted by Gasteiger charge is -2.34. The largest absolute Gasteiger partial charge is 0.504 e. The minimum Gasteiger partial charge on any atom is -0.504 e. The molecule has 2 aliphatic rings. The molecule has 0 saturated carbocycles. The maximum absolute atomic E-state index is 9.87. The third kappa shape index (κ3) is 3.07. The number of hydrogen-bond donors (Lipinski definition) is 1. The van der Waals surface area contributed by atoms with Crippen molar-refractivity contribution in [1.29, 1.82) is 0 Å². The molecule has 0 radical (unpaired) electrons. The van der Waals surface area contributed by atoms with Crippen LogP contribution in [0.15, 0.2) is 30.7 Å². The first-order chi connectivity index (χ1) is 12.2. The van der Waals surface area contributed by atoms with Crippen molar-refractivity contribution >= 4 is 0 Å². The van der Waals surface area contributed by atoms with E-state index in [0.717, 1.165) is 42.9 Å². The molecule has 6 nitrogen and oxygen atoms in total. The van der Waals surface area contributed by atoms with Crippen LogP contribution in [0.25, 0.3) is 0 Å². The Morgan fingerprint density at radius 2 is 2.32 bits per heavy atom. The van der Waals surface area contributed by atoms with Gasteiger partial charge in [0.05, 0.1) is 30.9 Å². The van der Waals surface area contributed by atoms with Crippen molar-refractivity contribution in [2.45, 2.75) is 31.9 Å². The van der Waals surface area contributed by atoms with Gasteiger partial charge >= 0.3 is 0 Å². The summed E-state index contributed by atoms with van der Waals surface area (Å²) in [6.07, 6.45) is 4.55. The molecular weight excluding hydrogens is 318 g/mol. The van der Waals surface area contributed by atoms with Crippen molar-refractivity contribution in [3.05, 3.63) is 47.5 Å². The summed E-state index contributed by atoms with van der Waals surface area (Å²) in [4.78, 5) is 11.1. The third-order valence-electron chi connectivity index (χ3n) is 5.09. The summed E-state index contributed by atoms with van der Waals surface area (Å²) in [5, 5.41) is 9.87. The molecule has 0 bridgehead atoms. The molecule has 1 spiro atoms. The topological polar surface area (TPSA) is 67.7 Å². The predicted octanol–water partition coefficient (Wildman–Crippen LogP) is 2.25. The highest BCUT2D eigenvalue weighted by Gasteiger charge is 2.44. The number of aromatic hydroxyl groups is 1. The molecule has 3 heterocycles. The van der Waals surface area contributed by atoms with E-state index in [1.807, 2.05) is 25.3 Å². The molecular formula is C19H23N3O3. The Bertz CT molecular complexity index is 767. The van der Waals surface area contributed by atoms with E-state index in [1.165, 1.54) is 0 Å². The molecule has 1 N–H and O–H groups in total. The van der Waals surface area contributed by atoms with Crippen molar-refractivity contribution in [2.24, 2.45) is 0 Å². The highest BCUT2D eigenvalue weighted by Crippen LogP contribution is 2.39. The highest BCUT2D eigenvalue weighted by molar-refractivity contribution is 5.42. The Labute approximate surface area is 147 Å². The summed E-state index contributed by atoms with van der Waals surface area (Å²) in [5.74, 6) is 0.739. The van der Waals surface area contributed by atoms with E-state index in [1.54, 1.807) is 12.4 Å². The van der Waals surface area contributed by atoms with E-state index in [-0.39, 0.29) is 11.2 Å². The van der Waals surface area contributed by atoms with Crippen LogP contribution in [0.2, 0.25) is 0 Å². The van der Waals surface area contributed by atoms with Crippen molar-refractivity contribution in [1.82, 2.24) is 14.9 Å². The quantitative estimate of drug-likeness (QED) is 0.920. The molecule has 4 rings (SSSR count). The van der Waals surface area contributed by atoms with Gasteiger partial charge in [-0.25, -0.2) is 9.97 Å². The first-order valence-corrected chi connectivity index (χ1v) is 8.74. The van der Waals surface area contributed by atoms with Crippen LogP contribution in [0.4, 0.5) is 0 Å². The Hall–Kier alpha value is -2.18. The molecule has 25 heavy (non-hydrogen) atoms. The average Bonchev–Trinajstić information content (AvgIpc) is 3.02. The van der Waals surface area contributed by atoms with Crippen molar-refractivity contribution in [3.63, 3.8) is 0 Å². The highest BCUT2D eigenvalue weighted by atomic mass is 16.5. The molecule has 0 amide bonds. The van der Waals surface area contributed by atoms with E-state index in [2.05, 4.69) is 14.9 Å². The summed E-state index contributed by atoms with van der Waals surface area (Å²) < 4.78 is 11.3. The fraction of sp³-hybridized carbons (Fsp3) is 0.474. The number of ether oxygens (including phenoxy) is 2. The van der Waals surface area contributed by atoms with Crippen LogP contribution in [0.3, 0.4) is 0 Å². The molecule has 2 aromatic rings. The smallest absolute Gasteiger partial charge is 0.161 e. The van der Waals surface area contributed by atoms with Gasteiger partial charge in [-0.1, -0.05) is 6.07 Å². The van der Waals surface area contributed by atoms with E-state index in [0.29, 0.717) is 25.6 Å². The third-order valence-corrected chi connectivity index (χ3v) is 5.09. The van der Waals surface area contributed by atoms with Crippen LogP contribution in [-0.4, -0.2) is 46.3 Å². The molecule has 2 aliphatic heterocycles. The summed E-state index contributed by atoms with van der Waals surface area (Å²) in [6.45, 7) is 6.51. The monoisotopic (exact) mass is 341 g/mol. The van der Waals surface area contributed by atoms with Gasteiger partial charge in [-0.2, -0.15) is 0 Å². The van der Waals surface area contributed by atoms with Crippen LogP contribution in [0.1, 0.15) is 30.2 Å². The number of benzene rings is 1. The normalized spacial score (nSPS) is 22.9. The van der Waals surface area contributed by atoms with Gasteiger partial charge in [0.2, 0.25) is 0 Å². The van der Waals surface area contributed by atoms with E-state index in [4.69, 9.17) is 9.47 Å². The van der Waals surface area contributed by atoms with Gasteiger partial charge in [0.1, 0.15) is 6.33 Å². The van der Waals surface area contributed by atoms with Gasteiger partial charge in [0, 0.05) is 24.8 Å². The number of rotatable bonds is 4. The average molecular weight is 341 g/mol. The Morgan fingerprint density at radius 1 is 1.40 bits per heavy atom. The van der Waals surface area contributed by atoms with Gasteiger partial charge in [0.25, 0.3) is 0 Å². The van der Waals surface area contributed by atoms with Gasteiger partial charge in [-0.15, -0.1) is 0 Å². The second-order valence-corrected chi connectivity index (χ2v) is 6.87. The lowest BCUT2D eigenvalue weighted by Crippen LogP contribution is -2.40. The zero-order chi connectivity index (χ0) is 17.3. The van der Waals surface area contributed by atoms with Crippen LogP contribution in [0, 0.1) is 0 Å². The lowest BCUT2D eigenvalue weighted by molar-refractivity contribution is 0.0502. The van der Waals surface area contributed by atoms with Gasteiger partial charge in [0.15, 0.2) is 11.5 Å². The molecule has 1 fully saturated rings. The molecule has 1 aromatic carbocycles. The maximum atomic E-state index is 9.87. The number of fused-ring (bicyclic) bond motifs is 2. The van der Waals surface area contributed by atoms with E-state index < -0.39 is 0 Å². The van der Waals surface area contributed by atoms with Gasteiger partial charge in [-0.3, -0.25) is 4.90 Å². The van der Waals surface area contributed by atoms with Crippen molar-refractivity contribution in [3.8, 4) is 11.5 Å². The number of aromatic nitrogens is 2. The number of phenolic OH excluding ortho intramolecular Hbond substituents is 1. The van der Waals surface area contributed by atoms with Crippen LogP contribution < -0.4 is 4.74 Å². The van der Waals surface area contributed by atoms with Gasteiger partial charge < -0.3 is 14.6 Å². The molecule has 1 aromatic heterocycles. The van der Waals surface area contributed by atoms with Gasteiger partial charge in [-0.05, 0) is 37.6 Å². The molecule has 132 valence electrons. The van der Waals surface area contributed by atoms with Crippen LogP contribution >= 0.6 is 0 Å². The van der Waals surface area contributed by atoms with E-state index in [9.17, 15) is 5.11 Å². The molecule has 6 heteroatoms. The fourth-order valence-electron chi connectivity index (χ4n) is 3.96. The molecule has 0 aliphatic carbocycles. The molecule has 1 atom stereocenters. The lowest BCUT2D eigenvalue weighted by atomic mass is 9.81. The fourth-order valence-corrected chi connectivity index (χ4v) is 3.96. The predicted molar refractivity (Wildman–Crippen MR) is 92.5 cm³/mol. The van der Waals surface area contributed by atoms with E-state index >= 15 is 0 Å². The Balaban J connectivity index is 1.51. The first kappa shape index (κ1) is 16.3. The summed E-state index contributed by atoms with van der Waals surface area (Å²) in [6, 6.07) is 5.59. The number of nitrogens with zero attached hydrogens (tertiary/aromatic N) is 3. The van der Waals surface area contributed by atoms with Crippen molar-refractivity contribution in [2.75, 3.05) is 26.3 Å². The Kier molecular flexibility index (Phi) is 4.31. The first-order valence-electron chi connectivity index (χ1n) is 8.74.